The normalized spacial score (nSPS) is 12.7. The molecule has 1 aromatic heterocycles. The summed E-state index contributed by atoms with van der Waals surface area (Å²) in [7, 11) is 0. The van der Waals surface area contributed by atoms with Crippen molar-refractivity contribution in [2.45, 2.75) is 13.0 Å². The Labute approximate surface area is 112 Å². The van der Waals surface area contributed by atoms with Crippen LogP contribution in [0.15, 0.2) is 34.8 Å². The highest BCUT2D eigenvalue weighted by Crippen LogP contribution is 2.32. The molecule has 0 bridgehead atoms. The Morgan fingerprint density at radius 2 is 2.12 bits per heavy atom. The van der Waals surface area contributed by atoms with E-state index in [4.69, 9.17) is 5.84 Å². The van der Waals surface area contributed by atoms with Crippen LogP contribution in [0.4, 0.5) is 4.39 Å². The molecule has 0 saturated carbocycles. The smallest absolute Gasteiger partial charge is 0.124 e. The van der Waals surface area contributed by atoms with Gasteiger partial charge in [-0.1, -0.05) is 22.0 Å². The van der Waals surface area contributed by atoms with Gasteiger partial charge in [0.15, 0.2) is 0 Å². The van der Waals surface area contributed by atoms with Gasteiger partial charge in [0.25, 0.3) is 0 Å². The maximum Gasteiger partial charge on any atom is 0.124 e. The van der Waals surface area contributed by atoms with Crippen LogP contribution in [-0.4, -0.2) is 0 Å². The first-order chi connectivity index (χ1) is 8.11. The second-order valence-electron chi connectivity index (χ2n) is 3.71. The highest BCUT2D eigenvalue weighted by molar-refractivity contribution is 9.10. The minimum absolute atomic E-state index is 0.122. The molecule has 1 aromatic carbocycles. The van der Waals surface area contributed by atoms with Gasteiger partial charge in [-0.15, -0.1) is 11.3 Å². The molecule has 2 rings (SSSR count). The molecule has 5 heteroatoms. The van der Waals surface area contributed by atoms with Gasteiger partial charge in [0.1, 0.15) is 5.82 Å². The average Bonchev–Trinajstić information content (AvgIpc) is 2.69. The van der Waals surface area contributed by atoms with Crippen molar-refractivity contribution in [3.8, 4) is 0 Å². The fourth-order valence-electron chi connectivity index (χ4n) is 1.67. The standard InChI is InChI=1S/C12H12BrFN2S/c1-7-2-5-11(17-7)12(16-15)9-4-3-8(14)6-10(9)13/h2-6,12,16H,15H2,1H3. The van der Waals surface area contributed by atoms with Crippen molar-refractivity contribution in [1.29, 1.82) is 0 Å². The van der Waals surface area contributed by atoms with E-state index in [1.165, 1.54) is 17.0 Å². The first-order valence-electron chi connectivity index (χ1n) is 5.09. The second-order valence-corrected chi connectivity index (χ2v) is 5.89. The van der Waals surface area contributed by atoms with Gasteiger partial charge in [-0.2, -0.15) is 0 Å². The number of benzene rings is 1. The van der Waals surface area contributed by atoms with Gasteiger partial charge in [-0.25, -0.2) is 9.82 Å². The van der Waals surface area contributed by atoms with Crippen LogP contribution >= 0.6 is 27.3 Å². The minimum Gasteiger partial charge on any atom is -0.271 e. The molecule has 0 radical (unpaired) electrons. The molecule has 0 saturated heterocycles. The lowest BCUT2D eigenvalue weighted by molar-refractivity contribution is 0.616. The van der Waals surface area contributed by atoms with E-state index in [2.05, 4.69) is 21.4 Å². The molecule has 0 aliphatic carbocycles. The molecule has 3 N–H and O–H groups in total. The molecule has 1 heterocycles. The highest BCUT2D eigenvalue weighted by Gasteiger charge is 2.17. The predicted molar refractivity (Wildman–Crippen MR) is 72.3 cm³/mol. The first-order valence-corrected chi connectivity index (χ1v) is 6.70. The van der Waals surface area contributed by atoms with Crippen LogP contribution in [0.25, 0.3) is 0 Å². The molecule has 1 unspecified atom stereocenters. The molecule has 17 heavy (non-hydrogen) atoms. The summed E-state index contributed by atoms with van der Waals surface area (Å²) in [5.74, 6) is 5.33. The van der Waals surface area contributed by atoms with Gasteiger partial charge in [0.2, 0.25) is 0 Å². The fourth-order valence-corrected chi connectivity index (χ4v) is 3.21. The number of hydrazine groups is 1. The highest BCUT2D eigenvalue weighted by atomic mass is 79.9. The van der Waals surface area contributed by atoms with Gasteiger partial charge in [-0.3, -0.25) is 5.84 Å². The predicted octanol–water partition coefficient (Wildman–Crippen LogP) is 3.51. The maximum atomic E-state index is 13.0. The van der Waals surface area contributed by atoms with E-state index in [0.717, 1.165) is 10.4 Å². The lowest BCUT2D eigenvalue weighted by Crippen LogP contribution is -2.28. The summed E-state index contributed by atoms with van der Waals surface area (Å²) < 4.78 is 13.8. The summed E-state index contributed by atoms with van der Waals surface area (Å²) in [5, 5.41) is 0. The summed E-state index contributed by atoms with van der Waals surface area (Å²) in [6.45, 7) is 2.04. The van der Waals surface area contributed by atoms with Crippen LogP contribution in [0.3, 0.4) is 0 Å². The zero-order chi connectivity index (χ0) is 12.4. The molecule has 0 aliphatic rings. The molecule has 0 fully saturated rings. The molecule has 0 aliphatic heterocycles. The molecule has 0 spiro atoms. The molecule has 1 atom stereocenters. The summed E-state index contributed by atoms with van der Waals surface area (Å²) in [6, 6.07) is 8.57. The van der Waals surface area contributed by atoms with Gasteiger partial charge in [0, 0.05) is 14.2 Å². The molecule has 2 nitrogen and oxygen atoms in total. The maximum absolute atomic E-state index is 13.0. The van der Waals surface area contributed by atoms with E-state index in [0.29, 0.717) is 4.47 Å². The third-order valence-corrected chi connectivity index (χ3v) is 4.24. The summed E-state index contributed by atoms with van der Waals surface area (Å²) in [6.07, 6.45) is 0. The number of hydrogen-bond donors (Lipinski definition) is 2. The van der Waals surface area contributed by atoms with Gasteiger partial charge in [-0.05, 0) is 36.8 Å². The minimum atomic E-state index is -0.265. The Kier molecular flexibility index (Phi) is 3.93. The van der Waals surface area contributed by atoms with Crippen molar-refractivity contribution in [2.75, 3.05) is 0 Å². The van der Waals surface area contributed by atoms with Crippen LogP contribution in [0.5, 0.6) is 0 Å². The van der Waals surface area contributed by atoms with Crippen LogP contribution in [0.1, 0.15) is 21.4 Å². The van der Waals surface area contributed by atoms with Gasteiger partial charge >= 0.3 is 0 Å². The van der Waals surface area contributed by atoms with E-state index in [1.54, 1.807) is 17.4 Å². The third kappa shape index (κ3) is 2.74. The zero-order valence-electron chi connectivity index (χ0n) is 9.21. The van der Waals surface area contributed by atoms with Crippen molar-refractivity contribution in [2.24, 2.45) is 5.84 Å². The van der Waals surface area contributed by atoms with E-state index >= 15 is 0 Å². The lowest BCUT2D eigenvalue weighted by atomic mass is 10.1. The fraction of sp³-hybridized carbons (Fsp3) is 0.167. The zero-order valence-corrected chi connectivity index (χ0v) is 11.6. The number of aryl methyl sites for hydroxylation is 1. The quantitative estimate of drug-likeness (QED) is 0.672. The molecule has 90 valence electrons. The summed E-state index contributed by atoms with van der Waals surface area (Å²) in [4.78, 5) is 2.33. The van der Waals surface area contributed by atoms with E-state index in [1.807, 2.05) is 19.1 Å². The summed E-state index contributed by atoms with van der Waals surface area (Å²) >= 11 is 5.03. The monoisotopic (exact) mass is 314 g/mol. The Bertz CT molecular complexity index is 527. The Morgan fingerprint density at radius 3 is 2.65 bits per heavy atom. The first kappa shape index (κ1) is 12.7. The van der Waals surface area contributed by atoms with E-state index in [9.17, 15) is 4.39 Å². The van der Waals surface area contributed by atoms with Crippen LogP contribution in [0, 0.1) is 12.7 Å². The van der Waals surface area contributed by atoms with E-state index in [-0.39, 0.29) is 11.9 Å². The van der Waals surface area contributed by atoms with Crippen molar-refractivity contribution >= 4 is 27.3 Å². The average molecular weight is 315 g/mol. The number of nitrogens with one attached hydrogen (secondary N) is 1. The second kappa shape index (κ2) is 5.27. The Balaban J connectivity index is 2.42. The number of thiophene rings is 1. The summed E-state index contributed by atoms with van der Waals surface area (Å²) in [5.41, 5.74) is 3.69. The third-order valence-electron chi connectivity index (χ3n) is 2.49. The van der Waals surface area contributed by atoms with Crippen LogP contribution < -0.4 is 11.3 Å². The SMILES string of the molecule is Cc1ccc(C(NN)c2ccc(F)cc2Br)s1. The van der Waals surface area contributed by atoms with Crippen molar-refractivity contribution in [1.82, 2.24) is 5.43 Å². The largest absolute Gasteiger partial charge is 0.271 e. The molecule has 2 aromatic rings. The van der Waals surface area contributed by atoms with Gasteiger partial charge in [0.05, 0.1) is 6.04 Å². The number of nitrogens with two attached hydrogens (primary N) is 1. The Hall–Kier alpha value is -0.750. The van der Waals surface area contributed by atoms with E-state index < -0.39 is 0 Å². The molecule has 0 amide bonds. The Morgan fingerprint density at radius 1 is 1.35 bits per heavy atom. The van der Waals surface area contributed by atoms with Crippen molar-refractivity contribution in [3.05, 3.63) is 55.9 Å². The van der Waals surface area contributed by atoms with Crippen LogP contribution in [0.2, 0.25) is 0 Å². The van der Waals surface area contributed by atoms with Crippen LogP contribution in [-0.2, 0) is 0 Å². The number of rotatable bonds is 3. The molecular weight excluding hydrogens is 303 g/mol. The number of hydrogen-bond acceptors (Lipinski definition) is 3. The van der Waals surface area contributed by atoms with Crippen molar-refractivity contribution < 1.29 is 4.39 Å². The van der Waals surface area contributed by atoms with Gasteiger partial charge < -0.3 is 0 Å². The number of halogens is 2. The lowest BCUT2D eigenvalue weighted by Gasteiger charge is -2.16. The topological polar surface area (TPSA) is 38.0 Å². The molecular formula is C12H12BrFN2S. The van der Waals surface area contributed by atoms with Crippen molar-refractivity contribution in [3.63, 3.8) is 0 Å².